The number of aromatic nitrogens is 2. The van der Waals surface area contributed by atoms with Gasteiger partial charge in [-0.1, -0.05) is 23.9 Å². The molecule has 0 fully saturated rings. The summed E-state index contributed by atoms with van der Waals surface area (Å²) in [5.74, 6) is 1.08. The Hall–Kier alpha value is -4.16. The van der Waals surface area contributed by atoms with Crippen LogP contribution in [-0.4, -0.2) is 33.2 Å². The summed E-state index contributed by atoms with van der Waals surface area (Å²) in [5.41, 5.74) is 0.883. The van der Waals surface area contributed by atoms with E-state index in [-0.39, 0.29) is 36.0 Å². The van der Waals surface area contributed by atoms with Crippen LogP contribution < -0.4 is 15.6 Å². The summed E-state index contributed by atoms with van der Waals surface area (Å²) in [7, 11) is 1.58. The molecule has 0 aliphatic carbocycles. The Morgan fingerprint density at radius 3 is 2.76 bits per heavy atom. The first-order chi connectivity index (χ1) is 17.9. The lowest BCUT2D eigenvalue weighted by molar-refractivity contribution is -0.384. The third-order valence-corrected chi connectivity index (χ3v) is 7.73. The van der Waals surface area contributed by atoms with Gasteiger partial charge in [-0.15, -0.1) is 11.3 Å². The van der Waals surface area contributed by atoms with Crippen LogP contribution in [-0.2, 0) is 17.9 Å². The average Bonchev–Trinajstić information content (AvgIpc) is 3.56. The van der Waals surface area contributed by atoms with Crippen LogP contribution in [0.1, 0.15) is 11.3 Å². The quantitative estimate of drug-likeness (QED) is 0.125. The van der Waals surface area contributed by atoms with E-state index < -0.39 is 4.92 Å². The maximum absolute atomic E-state index is 13.6. The zero-order valence-electron chi connectivity index (χ0n) is 19.5. The van der Waals surface area contributed by atoms with E-state index in [1.54, 1.807) is 37.4 Å². The third kappa shape index (κ3) is 5.20. The first kappa shape index (κ1) is 24.5. The Kier molecular flexibility index (Phi) is 6.93. The molecule has 0 spiro atoms. The highest BCUT2D eigenvalue weighted by molar-refractivity contribution is 7.99. The van der Waals surface area contributed by atoms with Gasteiger partial charge in [0, 0.05) is 22.2 Å². The number of methoxy groups -OCH3 is 1. The molecule has 3 aromatic heterocycles. The monoisotopic (exact) mass is 536 g/mol. The summed E-state index contributed by atoms with van der Waals surface area (Å²) in [4.78, 5) is 41.7. The zero-order valence-corrected chi connectivity index (χ0v) is 21.1. The Morgan fingerprint density at radius 1 is 1.24 bits per heavy atom. The Morgan fingerprint density at radius 2 is 2.05 bits per heavy atom. The predicted molar refractivity (Wildman–Crippen MR) is 141 cm³/mol. The minimum Gasteiger partial charge on any atom is -0.497 e. The van der Waals surface area contributed by atoms with Crippen LogP contribution in [0.25, 0.3) is 20.3 Å². The van der Waals surface area contributed by atoms with Gasteiger partial charge >= 0.3 is 0 Å². The lowest BCUT2D eigenvalue weighted by atomic mass is 10.2. The molecule has 3 heterocycles. The van der Waals surface area contributed by atoms with Gasteiger partial charge < -0.3 is 14.5 Å². The summed E-state index contributed by atoms with van der Waals surface area (Å²) in [6.45, 7) is 0.479. The summed E-state index contributed by atoms with van der Waals surface area (Å²) in [5, 5.41) is 15.0. The number of hydrogen-bond donors (Lipinski definition) is 1. The molecule has 0 saturated carbocycles. The number of non-ortho nitro benzene ring substituents is 1. The first-order valence-corrected chi connectivity index (χ1v) is 12.9. The van der Waals surface area contributed by atoms with Crippen LogP contribution in [0.3, 0.4) is 0 Å². The number of nitro benzene ring substituents is 1. The number of carbonyl (C=O) groups excluding carboxylic acids is 1. The molecule has 5 rings (SSSR count). The van der Waals surface area contributed by atoms with Crippen molar-refractivity contribution in [2.75, 3.05) is 12.9 Å². The van der Waals surface area contributed by atoms with Crippen molar-refractivity contribution >= 4 is 55.0 Å². The molecule has 5 aromatic rings. The average molecular weight is 537 g/mol. The maximum atomic E-state index is 13.6. The second-order valence-corrected chi connectivity index (χ2v) is 9.99. The topological polar surface area (TPSA) is 130 Å². The molecule has 0 atom stereocenters. The normalized spacial score (nSPS) is 11.2. The lowest BCUT2D eigenvalue weighted by Gasteiger charge is -2.12. The molecule has 188 valence electrons. The SMILES string of the molecule is COc1ccc(Cn2c(SCC(=O)NCc3ccco3)nc3c(sc4ccc([N+](=O)[O-])cc43)c2=O)cc1. The highest BCUT2D eigenvalue weighted by atomic mass is 32.2. The number of nitrogens with zero attached hydrogens (tertiary/aromatic N) is 3. The van der Waals surface area contributed by atoms with Crippen molar-refractivity contribution in [1.29, 1.82) is 0 Å². The van der Waals surface area contributed by atoms with Gasteiger partial charge in [-0.05, 0) is 35.9 Å². The maximum Gasteiger partial charge on any atom is 0.272 e. The number of fused-ring (bicyclic) bond motifs is 3. The molecular formula is C25H20N4O6S2. The molecule has 2 aromatic carbocycles. The van der Waals surface area contributed by atoms with Gasteiger partial charge in [0.05, 0.1) is 42.7 Å². The summed E-state index contributed by atoms with van der Waals surface area (Å²) < 4.78 is 13.1. The standard InChI is InChI=1S/C25H20N4O6S2/c1-34-17-7-4-15(5-8-17)13-28-24(31)23-22(19-11-16(29(32)33)6-9-20(19)37-23)27-25(28)36-14-21(30)26-12-18-3-2-10-35-18/h2-11H,12-14H2,1H3,(H,26,30). The molecule has 0 radical (unpaired) electrons. The molecule has 0 aliphatic rings. The number of nitrogens with one attached hydrogen (secondary N) is 1. The van der Waals surface area contributed by atoms with Gasteiger partial charge in [-0.3, -0.25) is 24.3 Å². The number of rotatable bonds is 9. The Labute approximate surface area is 218 Å². The molecule has 10 nitrogen and oxygen atoms in total. The van der Waals surface area contributed by atoms with Gasteiger partial charge in [-0.2, -0.15) is 0 Å². The third-order valence-electron chi connectivity index (χ3n) is 5.61. The number of thioether (sulfide) groups is 1. The van der Waals surface area contributed by atoms with Crippen molar-refractivity contribution in [3.05, 3.63) is 92.7 Å². The number of amides is 1. The number of carbonyl (C=O) groups is 1. The molecule has 0 saturated heterocycles. The molecule has 1 N–H and O–H groups in total. The van der Waals surface area contributed by atoms with E-state index in [4.69, 9.17) is 14.1 Å². The first-order valence-electron chi connectivity index (χ1n) is 11.1. The summed E-state index contributed by atoms with van der Waals surface area (Å²) in [6.07, 6.45) is 1.53. The highest BCUT2D eigenvalue weighted by Crippen LogP contribution is 2.34. The van der Waals surface area contributed by atoms with E-state index in [1.807, 2.05) is 12.1 Å². The highest BCUT2D eigenvalue weighted by Gasteiger charge is 2.19. The minimum atomic E-state index is -0.479. The molecular weight excluding hydrogens is 516 g/mol. The van der Waals surface area contributed by atoms with Gasteiger partial charge in [-0.25, -0.2) is 4.98 Å². The number of nitro groups is 1. The van der Waals surface area contributed by atoms with E-state index >= 15 is 0 Å². The minimum absolute atomic E-state index is 0.0173. The van der Waals surface area contributed by atoms with Crippen molar-refractivity contribution in [1.82, 2.24) is 14.9 Å². The second-order valence-electron chi connectivity index (χ2n) is 8.00. The zero-order chi connectivity index (χ0) is 25.9. The van der Waals surface area contributed by atoms with Gasteiger partial charge in [0.15, 0.2) is 5.16 Å². The predicted octanol–water partition coefficient (Wildman–Crippen LogP) is 4.58. The van der Waals surface area contributed by atoms with Crippen LogP contribution in [0.5, 0.6) is 5.75 Å². The molecule has 0 unspecified atom stereocenters. The van der Waals surface area contributed by atoms with Crippen LogP contribution in [0, 0.1) is 10.1 Å². The van der Waals surface area contributed by atoms with E-state index in [1.165, 1.54) is 34.3 Å². The van der Waals surface area contributed by atoms with Crippen molar-refractivity contribution in [2.45, 2.75) is 18.2 Å². The van der Waals surface area contributed by atoms with E-state index in [9.17, 15) is 19.7 Å². The Balaban J connectivity index is 1.52. The van der Waals surface area contributed by atoms with Crippen molar-refractivity contribution in [3.8, 4) is 5.75 Å². The molecule has 0 bridgehead atoms. The Bertz CT molecular complexity index is 1660. The van der Waals surface area contributed by atoms with Gasteiger partial charge in [0.25, 0.3) is 11.2 Å². The second kappa shape index (κ2) is 10.4. The van der Waals surface area contributed by atoms with Crippen LogP contribution in [0.15, 0.2) is 75.2 Å². The molecule has 0 aliphatic heterocycles. The largest absolute Gasteiger partial charge is 0.497 e. The van der Waals surface area contributed by atoms with Crippen molar-refractivity contribution < 1.29 is 18.9 Å². The van der Waals surface area contributed by atoms with Crippen LogP contribution in [0.4, 0.5) is 5.69 Å². The fraction of sp³-hybridized carbons (Fsp3) is 0.160. The van der Waals surface area contributed by atoms with E-state index in [2.05, 4.69) is 5.32 Å². The van der Waals surface area contributed by atoms with E-state index in [0.29, 0.717) is 32.3 Å². The summed E-state index contributed by atoms with van der Waals surface area (Å²) in [6, 6.07) is 15.3. The number of ether oxygens (including phenoxy) is 1. The molecule has 1 amide bonds. The van der Waals surface area contributed by atoms with Gasteiger partial charge in [0.2, 0.25) is 5.91 Å². The number of thiophene rings is 1. The fourth-order valence-electron chi connectivity index (χ4n) is 3.75. The summed E-state index contributed by atoms with van der Waals surface area (Å²) >= 11 is 2.37. The smallest absolute Gasteiger partial charge is 0.272 e. The molecule has 12 heteroatoms. The van der Waals surface area contributed by atoms with Gasteiger partial charge in [0.1, 0.15) is 16.2 Å². The van der Waals surface area contributed by atoms with Crippen molar-refractivity contribution in [2.24, 2.45) is 0 Å². The number of furan rings is 1. The fourth-order valence-corrected chi connectivity index (χ4v) is 5.64. The van der Waals surface area contributed by atoms with Crippen LogP contribution >= 0.6 is 23.1 Å². The molecule has 37 heavy (non-hydrogen) atoms. The number of benzene rings is 2. The van der Waals surface area contributed by atoms with E-state index in [0.717, 1.165) is 22.0 Å². The lowest BCUT2D eigenvalue weighted by Crippen LogP contribution is -2.26. The number of hydrogen-bond acceptors (Lipinski definition) is 9. The van der Waals surface area contributed by atoms with Crippen molar-refractivity contribution in [3.63, 3.8) is 0 Å². The van der Waals surface area contributed by atoms with Crippen LogP contribution in [0.2, 0.25) is 0 Å².